The average molecular weight is 325 g/mol. The average Bonchev–Trinajstić information content (AvgIpc) is 2.46. The first-order valence-electron chi connectivity index (χ1n) is 7.99. The topological polar surface area (TPSA) is 62.2 Å². The Morgan fingerprint density at radius 2 is 1.74 bits per heavy atom. The fourth-order valence-corrected chi connectivity index (χ4v) is 2.79. The minimum absolute atomic E-state index is 0.370. The summed E-state index contributed by atoms with van der Waals surface area (Å²) < 4.78 is 24.1. The lowest BCUT2D eigenvalue weighted by molar-refractivity contribution is 0.0836. The molecule has 1 heterocycles. The van der Waals surface area contributed by atoms with Gasteiger partial charge in [-0.15, -0.1) is 0 Å². The first kappa shape index (κ1) is 18.0. The molecule has 5 nitrogen and oxygen atoms in total. The number of hydrogen-bond acceptors (Lipinski definition) is 5. The normalized spacial score (nSPS) is 17.1. The highest BCUT2D eigenvalue weighted by Crippen LogP contribution is 2.23. The van der Waals surface area contributed by atoms with Crippen molar-refractivity contribution in [1.29, 1.82) is 0 Å². The Bertz CT molecular complexity index is 470. The van der Waals surface area contributed by atoms with Crippen LogP contribution in [0.1, 0.15) is 26.7 Å². The summed E-state index contributed by atoms with van der Waals surface area (Å²) >= 11 is 0. The predicted octanol–water partition coefficient (Wildman–Crippen LogP) is 1.87. The molecule has 0 bridgehead atoms. The molecular formula is C16H25BFNO4. The molecule has 0 aromatic heterocycles. The number of likely N-dealkylation sites (tertiary alicyclic amines) is 1. The van der Waals surface area contributed by atoms with Crippen molar-refractivity contribution < 1.29 is 23.8 Å². The molecule has 0 aliphatic carbocycles. The van der Waals surface area contributed by atoms with Crippen LogP contribution >= 0.6 is 0 Å². The molecule has 0 radical (unpaired) electrons. The molecule has 0 atom stereocenters. The highest BCUT2D eigenvalue weighted by atomic mass is 19.1. The molecule has 1 fully saturated rings. The summed E-state index contributed by atoms with van der Waals surface area (Å²) in [6.07, 6.45) is 2.02. The van der Waals surface area contributed by atoms with Crippen LogP contribution in [0.15, 0.2) is 24.3 Å². The quantitative estimate of drug-likeness (QED) is 0.750. The number of benzene rings is 1. The lowest BCUT2D eigenvalue weighted by Gasteiger charge is -2.34. The summed E-state index contributed by atoms with van der Waals surface area (Å²) in [5, 5.41) is 17.4. The van der Waals surface area contributed by atoms with Crippen LogP contribution in [0, 0.1) is 5.92 Å². The molecule has 0 unspecified atom stereocenters. The molecule has 0 saturated carbocycles. The van der Waals surface area contributed by atoms with Gasteiger partial charge in [0.2, 0.25) is 0 Å². The van der Waals surface area contributed by atoms with Gasteiger partial charge >= 0.3 is 7.32 Å². The Hall–Kier alpha value is -1.31. The summed E-state index contributed by atoms with van der Waals surface area (Å²) in [6.45, 7) is 6.16. The van der Waals surface area contributed by atoms with Crippen molar-refractivity contribution in [2.75, 3.05) is 26.2 Å². The SMILES string of the molecule is CC(C)(F)CN1CCC(COc2ccc(OB(O)O)cc2)CC1. The lowest BCUT2D eigenvalue weighted by atomic mass is 9.97. The van der Waals surface area contributed by atoms with Gasteiger partial charge in [-0.1, -0.05) is 0 Å². The van der Waals surface area contributed by atoms with E-state index in [1.165, 1.54) is 0 Å². The molecule has 128 valence electrons. The van der Waals surface area contributed by atoms with E-state index in [4.69, 9.17) is 19.4 Å². The Balaban J connectivity index is 1.71. The minimum Gasteiger partial charge on any atom is -0.512 e. The molecule has 1 aliphatic heterocycles. The second-order valence-corrected chi connectivity index (χ2v) is 6.66. The Labute approximate surface area is 137 Å². The fraction of sp³-hybridized carbons (Fsp3) is 0.625. The van der Waals surface area contributed by atoms with Crippen LogP contribution in [0.5, 0.6) is 11.5 Å². The Kier molecular flexibility index (Phi) is 6.27. The summed E-state index contributed by atoms with van der Waals surface area (Å²) in [7, 11) is -1.82. The van der Waals surface area contributed by atoms with Crippen LogP contribution in [-0.2, 0) is 0 Å². The van der Waals surface area contributed by atoms with Crippen LogP contribution < -0.4 is 9.39 Å². The predicted molar refractivity (Wildman–Crippen MR) is 87.1 cm³/mol. The first-order chi connectivity index (χ1) is 10.8. The van der Waals surface area contributed by atoms with Gasteiger partial charge in [0.25, 0.3) is 0 Å². The summed E-state index contributed by atoms with van der Waals surface area (Å²) in [6, 6.07) is 6.72. The van der Waals surface area contributed by atoms with Gasteiger partial charge in [-0.2, -0.15) is 0 Å². The maximum Gasteiger partial charge on any atom is 0.707 e. The molecule has 2 rings (SSSR count). The zero-order chi connectivity index (χ0) is 16.9. The van der Waals surface area contributed by atoms with E-state index in [-0.39, 0.29) is 0 Å². The van der Waals surface area contributed by atoms with E-state index >= 15 is 0 Å². The minimum atomic E-state index is -1.82. The van der Waals surface area contributed by atoms with Gasteiger partial charge in [-0.3, -0.25) is 0 Å². The third-order valence-corrected chi connectivity index (χ3v) is 3.86. The number of rotatable bonds is 7. The van der Waals surface area contributed by atoms with Crippen LogP contribution in [0.4, 0.5) is 4.39 Å². The molecule has 23 heavy (non-hydrogen) atoms. The van der Waals surface area contributed by atoms with Crippen molar-refractivity contribution in [2.45, 2.75) is 32.4 Å². The van der Waals surface area contributed by atoms with Gasteiger partial charge in [0.1, 0.15) is 17.2 Å². The lowest BCUT2D eigenvalue weighted by Crippen LogP contribution is -2.41. The molecule has 1 aromatic rings. The smallest absolute Gasteiger partial charge is 0.512 e. The van der Waals surface area contributed by atoms with Gasteiger partial charge < -0.3 is 24.3 Å². The van der Waals surface area contributed by atoms with E-state index in [0.717, 1.165) is 31.7 Å². The molecule has 7 heteroatoms. The van der Waals surface area contributed by atoms with Gasteiger partial charge in [-0.05, 0) is 70.0 Å². The number of piperidine rings is 1. The number of nitrogens with zero attached hydrogens (tertiary/aromatic N) is 1. The fourth-order valence-electron chi connectivity index (χ4n) is 2.79. The van der Waals surface area contributed by atoms with E-state index < -0.39 is 13.0 Å². The van der Waals surface area contributed by atoms with Gasteiger partial charge in [0.05, 0.1) is 6.61 Å². The molecule has 0 amide bonds. The third kappa shape index (κ3) is 6.77. The van der Waals surface area contributed by atoms with Crippen molar-refractivity contribution >= 4 is 7.32 Å². The first-order valence-corrected chi connectivity index (χ1v) is 7.99. The number of alkyl halides is 1. The highest BCUT2D eigenvalue weighted by Gasteiger charge is 2.25. The molecule has 1 aliphatic rings. The van der Waals surface area contributed by atoms with Crippen LogP contribution in [0.3, 0.4) is 0 Å². The molecular weight excluding hydrogens is 300 g/mol. The van der Waals surface area contributed by atoms with E-state index in [0.29, 0.717) is 24.8 Å². The van der Waals surface area contributed by atoms with Crippen LogP contribution in [0.2, 0.25) is 0 Å². The second-order valence-electron chi connectivity index (χ2n) is 6.66. The Morgan fingerprint density at radius 3 is 2.26 bits per heavy atom. The summed E-state index contributed by atoms with van der Waals surface area (Å²) in [5.41, 5.74) is -1.14. The van der Waals surface area contributed by atoms with Crippen molar-refractivity contribution in [3.8, 4) is 11.5 Å². The molecule has 1 aromatic carbocycles. The van der Waals surface area contributed by atoms with E-state index in [1.54, 1.807) is 38.1 Å². The highest BCUT2D eigenvalue weighted by molar-refractivity contribution is 6.33. The zero-order valence-corrected chi connectivity index (χ0v) is 13.7. The van der Waals surface area contributed by atoms with Crippen LogP contribution in [0.25, 0.3) is 0 Å². The number of halogens is 1. The third-order valence-electron chi connectivity index (χ3n) is 3.86. The molecule has 2 N–H and O–H groups in total. The van der Waals surface area contributed by atoms with Gasteiger partial charge in [-0.25, -0.2) is 4.39 Å². The summed E-state index contributed by atoms with van der Waals surface area (Å²) in [4.78, 5) is 2.17. The summed E-state index contributed by atoms with van der Waals surface area (Å²) in [5.74, 6) is 1.57. The van der Waals surface area contributed by atoms with E-state index in [9.17, 15) is 4.39 Å². The second kappa shape index (κ2) is 7.99. The maximum atomic E-state index is 13.6. The number of ether oxygens (including phenoxy) is 1. The van der Waals surface area contributed by atoms with Gasteiger partial charge in [0.15, 0.2) is 0 Å². The van der Waals surface area contributed by atoms with Gasteiger partial charge in [0, 0.05) is 6.54 Å². The van der Waals surface area contributed by atoms with Crippen molar-refractivity contribution in [3.63, 3.8) is 0 Å². The van der Waals surface area contributed by atoms with E-state index in [1.807, 2.05) is 0 Å². The maximum absolute atomic E-state index is 13.6. The zero-order valence-electron chi connectivity index (χ0n) is 13.7. The molecule has 0 spiro atoms. The standard InChI is InChI=1S/C16H25BFNO4/c1-16(2,18)12-19-9-7-13(8-10-19)11-22-14-3-5-15(6-4-14)23-17(20)21/h3-6,13,20-21H,7-12H2,1-2H3. The number of hydrogen-bond donors (Lipinski definition) is 2. The molecule has 1 saturated heterocycles. The monoisotopic (exact) mass is 325 g/mol. The largest absolute Gasteiger partial charge is 0.707 e. The van der Waals surface area contributed by atoms with Crippen molar-refractivity contribution in [2.24, 2.45) is 5.92 Å². The van der Waals surface area contributed by atoms with Crippen molar-refractivity contribution in [3.05, 3.63) is 24.3 Å². The Morgan fingerprint density at radius 1 is 1.17 bits per heavy atom. The van der Waals surface area contributed by atoms with E-state index in [2.05, 4.69) is 4.90 Å². The van der Waals surface area contributed by atoms with Crippen LogP contribution in [-0.4, -0.2) is 54.2 Å². The van der Waals surface area contributed by atoms with Crippen molar-refractivity contribution in [1.82, 2.24) is 4.90 Å².